The van der Waals surface area contributed by atoms with Crippen LogP contribution in [0.25, 0.3) is 10.9 Å². The van der Waals surface area contributed by atoms with Gasteiger partial charge >= 0.3 is 0 Å². The second kappa shape index (κ2) is 12.1. The van der Waals surface area contributed by atoms with E-state index in [1.54, 1.807) is 24.3 Å². The Labute approximate surface area is 217 Å². The monoisotopic (exact) mass is 520 g/mol. The molecule has 3 N–H and O–H groups in total. The van der Waals surface area contributed by atoms with Crippen LogP contribution in [0.1, 0.15) is 15.9 Å². The largest absolute Gasteiger partial charge is 0.496 e. The number of hydrogen-bond acceptors (Lipinski definition) is 7. The number of methoxy groups -OCH3 is 1. The molecule has 0 atom stereocenters. The first-order valence-corrected chi connectivity index (χ1v) is 12.3. The normalized spacial score (nSPS) is 10.6. The summed E-state index contributed by atoms with van der Waals surface area (Å²) in [6.07, 6.45) is 1.82. The van der Waals surface area contributed by atoms with Gasteiger partial charge in [-0.15, -0.1) is 0 Å². The molecule has 0 aliphatic rings. The van der Waals surface area contributed by atoms with Crippen LogP contribution in [-0.4, -0.2) is 36.8 Å². The first-order valence-electron chi connectivity index (χ1n) is 11.3. The highest BCUT2D eigenvalue weighted by molar-refractivity contribution is 7.98. The van der Waals surface area contributed by atoms with Crippen molar-refractivity contribution in [2.75, 3.05) is 25.4 Å². The summed E-state index contributed by atoms with van der Waals surface area (Å²) < 4.78 is 28.8. The predicted octanol–water partition coefficient (Wildman–Crippen LogP) is 4.91. The molecule has 0 fully saturated rings. The molecule has 8 nitrogen and oxygen atoms in total. The number of carbonyl (C=O) groups excluding carboxylic acids is 2. The van der Waals surface area contributed by atoms with E-state index in [0.717, 1.165) is 5.56 Å². The van der Waals surface area contributed by atoms with Crippen LogP contribution in [-0.2, 0) is 11.2 Å². The molecular formula is C27H25FN4O4S. The average Bonchev–Trinajstić information content (AvgIpc) is 2.92. The molecule has 0 bridgehead atoms. The number of rotatable bonds is 10. The van der Waals surface area contributed by atoms with Crippen molar-refractivity contribution in [2.45, 2.75) is 6.42 Å². The zero-order valence-electron chi connectivity index (χ0n) is 20.2. The third-order valence-electron chi connectivity index (χ3n) is 5.39. The van der Waals surface area contributed by atoms with E-state index in [9.17, 15) is 14.0 Å². The van der Waals surface area contributed by atoms with Gasteiger partial charge in [0.25, 0.3) is 5.91 Å². The van der Waals surface area contributed by atoms with Crippen molar-refractivity contribution < 1.29 is 23.5 Å². The van der Waals surface area contributed by atoms with Crippen LogP contribution in [0, 0.1) is 5.82 Å². The van der Waals surface area contributed by atoms with Gasteiger partial charge in [0, 0.05) is 36.5 Å². The quantitative estimate of drug-likeness (QED) is 0.155. The Morgan fingerprint density at radius 3 is 2.54 bits per heavy atom. The molecule has 3 aromatic carbocycles. The maximum atomic E-state index is 14.9. The van der Waals surface area contributed by atoms with E-state index in [1.165, 1.54) is 44.4 Å². The highest BCUT2D eigenvalue weighted by Crippen LogP contribution is 2.34. The van der Waals surface area contributed by atoms with Crippen molar-refractivity contribution in [3.8, 4) is 17.2 Å². The Morgan fingerprint density at radius 1 is 1.00 bits per heavy atom. The molecular weight excluding hydrogens is 495 g/mol. The lowest BCUT2D eigenvalue weighted by Gasteiger charge is -2.13. The number of benzene rings is 3. The average molecular weight is 521 g/mol. The SMILES string of the molecule is CNC(=O)c1cc2c(Oc3ccc(NCSNC(=O)Cc4ccccc4)cc3F)ccnc2cc1OC. The van der Waals surface area contributed by atoms with Gasteiger partial charge in [0.15, 0.2) is 11.6 Å². The minimum atomic E-state index is -0.576. The van der Waals surface area contributed by atoms with Gasteiger partial charge in [-0.25, -0.2) is 4.39 Å². The molecule has 0 saturated heterocycles. The second-order valence-corrected chi connectivity index (χ2v) is 8.64. The molecule has 0 saturated carbocycles. The smallest absolute Gasteiger partial charge is 0.254 e. The summed E-state index contributed by atoms with van der Waals surface area (Å²) in [5.74, 6) is 0.0480. The zero-order valence-corrected chi connectivity index (χ0v) is 21.0. The van der Waals surface area contributed by atoms with Crippen molar-refractivity contribution in [2.24, 2.45) is 0 Å². The number of anilines is 1. The third kappa shape index (κ3) is 6.47. The van der Waals surface area contributed by atoms with Crippen molar-refractivity contribution in [1.29, 1.82) is 0 Å². The maximum absolute atomic E-state index is 14.9. The fourth-order valence-corrected chi connectivity index (χ4v) is 4.13. The minimum absolute atomic E-state index is 0.0131. The first kappa shape index (κ1) is 25.8. The Hall–Kier alpha value is -4.31. The van der Waals surface area contributed by atoms with E-state index in [4.69, 9.17) is 9.47 Å². The van der Waals surface area contributed by atoms with Gasteiger partial charge in [-0.05, 0) is 41.8 Å². The molecule has 4 aromatic rings. The summed E-state index contributed by atoms with van der Waals surface area (Å²) in [6.45, 7) is 0. The maximum Gasteiger partial charge on any atom is 0.254 e. The van der Waals surface area contributed by atoms with Crippen molar-refractivity contribution in [3.05, 3.63) is 89.9 Å². The topological polar surface area (TPSA) is 102 Å². The molecule has 0 aliphatic heterocycles. The van der Waals surface area contributed by atoms with Gasteiger partial charge < -0.3 is 20.1 Å². The molecule has 0 unspecified atom stereocenters. The lowest BCUT2D eigenvalue weighted by atomic mass is 10.1. The van der Waals surface area contributed by atoms with Crippen LogP contribution in [0.3, 0.4) is 0 Å². The second-order valence-electron chi connectivity index (χ2n) is 7.86. The number of halogens is 1. The van der Waals surface area contributed by atoms with Gasteiger partial charge in [0.1, 0.15) is 11.5 Å². The Kier molecular flexibility index (Phi) is 8.42. The fraction of sp³-hybridized carbons (Fsp3) is 0.148. The summed E-state index contributed by atoms with van der Waals surface area (Å²) in [5, 5.41) is 6.15. The predicted molar refractivity (Wildman–Crippen MR) is 143 cm³/mol. The Balaban J connectivity index is 1.40. The zero-order chi connectivity index (χ0) is 26.2. The number of hydrogen-bond donors (Lipinski definition) is 3. The minimum Gasteiger partial charge on any atom is -0.496 e. The number of carbonyl (C=O) groups is 2. The fourth-order valence-electron chi connectivity index (χ4n) is 3.58. The Morgan fingerprint density at radius 2 is 1.81 bits per heavy atom. The van der Waals surface area contributed by atoms with Crippen LogP contribution in [0.5, 0.6) is 17.2 Å². The van der Waals surface area contributed by atoms with E-state index in [1.807, 2.05) is 30.3 Å². The third-order valence-corrected chi connectivity index (χ3v) is 6.05. The lowest BCUT2D eigenvalue weighted by Crippen LogP contribution is -2.19. The highest BCUT2D eigenvalue weighted by Gasteiger charge is 2.16. The van der Waals surface area contributed by atoms with E-state index in [0.29, 0.717) is 39.5 Å². The summed E-state index contributed by atoms with van der Waals surface area (Å²) >= 11 is 1.18. The molecule has 2 amide bonds. The molecule has 0 radical (unpaired) electrons. The van der Waals surface area contributed by atoms with Gasteiger partial charge in [-0.2, -0.15) is 0 Å². The van der Waals surface area contributed by atoms with Crippen molar-refractivity contribution in [3.63, 3.8) is 0 Å². The Bertz CT molecular complexity index is 1420. The molecule has 1 aromatic heterocycles. The summed E-state index contributed by atoms with van der Waals surface area (Å²) in [5.41, 5.74) is 2.30. The number of ether oxygens (including phenoxy) is 2. The van der Waals surface area contributed by atoms with Gasteiger partial charge in [-0.3, -0.25) is 19.3 Å². The number of nitrogens with one attached hydrogen (secondary N) is 3. The molecule has 4 rings (SSSR count). The number of aromatic nitrogens is 1. The number of pyridine rings is 1. The summed E-state index contributed by atoms with van der Waals surface area (Å²) in [7, 11) is 2.99. The number of amides is 2. The van der Waals surface area contributed by atoms with Crippen LogP contribution in [0.2, 0.25) is 0 Å². The first-order chi connectivity index (χ1) is 18.0. The molecule has 10 heteroatoms. The van der Waals surface area contributed by atoms with Crippen LogP contribution in [0.15, 0.2) is 72.9 Å². The molecule has 0 aliphatic carbocycles. The van der Waals surface area contributed by atoms with Crippen LogP contribution in [0.4, 0.5) is 10.1 Å². The van der Waals surface area contributed by atoms with E-state index in [-0.39, 0.29) is 24.0 Å². The molecule has 37 heavy (non-hydrogen) atoms. The molecule has 0 spiro atoms. The summed E-state index contributed by atoms with van der Waals surface area (Å²) in [6, 6.07) is 18.8. The van der Waals surface area contributed by atoms with Gasteiger partial charge in [0.05, 0.1) is 30.5 Å². The van der Waals surface area contributed by atoms with E-state index >= 15 is 0 Å². The number of fused-ring (bicyclic) bond motifs is 1. The van der Waals surface area contributed by atoms with Crippen LogP contribution < -0.4 is 24.8 Å². The standard InChI is InChI=1S/C27H25FN4O4S/c1-29-27(34)20-14-19-22(15-25(20)35-2)30-11-10-23(19)36-24-9-8-18(13-21(24)28)31-16-37-32-26(33)12-17-6-4-3-5-7-17/h3-11,13-15,31H,12,16H2,1-2H3,(H,29,34)(H,32,33). The van der Waals surface area contributed by atoms with Crippen molar-refractivity contribution in [1.82, 2.24) is 15.0 Å². The van der Waals surface area contributed by atoms with Gasteiger partial charge in [-0.1, -0.05) is 30.3 Å². The molecule has 190 valence electrons. The molecule has 1 heterocycles. The van der Waals surface area contributed by atoms with E-state index < -0.39 is 5.82 Å². The van der Waals surface area contributed by atoms with Crippen molar-refractivity contribution >= 4 is 40.4 Å². The lowest BCUT2D eigenvalue weighted by molar-refractivity contribution is -0.118. The summed E-state index contributed by atoms with van der Waals surface area (Å²) in [4.78, 5) is 28.6. The van der Waals surface area contributed by atoms with Crippen LogP contribution >= 0.6 is 11.9 Å². The number of nitrogens with zero attached hydrogens (tertiary/aromatic N) is 1. The van der Waals surface area contributed by atoms with Gasteiger partial charge in [0.2, 0.25) is 5.91 Å². The highest BCUT2D eigenvalue weighted by atomic mass is 32.2. The van der Waals surface area contributed by atoms with E-state index in [2.05, 4.69) is 20.3 Å².